The summed E-state index contributed by atoms with van der Waals surface area (Å²) in [6, 6.07) is 3.11. The van der Waals surface area contributed by atoms with Crippen LogP contribution in [0.25, 0.3) is 0 Å². The Kier molecular flexibility index (Phi) is 3.39. The first kappa shape index (κ1) is 10.9. The van der Waals surface area contributed by atoms with Crippen LogP contribution >= 0.6 is 0 Å². The summed E-state index contributed by atoms with van der Waals surface area (Å²) in [5.74, 6) is 0.358. The van der Waals surface area contributed by atoms with E-state index in [0.29, 0.717) is 12.5 Å². The molecule has 86 valence electrons. The van der Waals surface area contributed by atoms with Gasteiger partial charge in [0.05, 0.1) is 12.2 Å². The molecule has 1 aliphatic rings. The summed E-state index contributed by atoms with van der Waals surface area (Å²) < 4.78 is 5.44. The van der Waals surface area contributed by atoms with E-state index in [1.54, 1.807) is 6.07 Å². The molecular weight excluding hydrogens is 206 g/mol. The number of carboxylic acid groups (broad SMARTS) is 1. The van der Waals surface area contributed by atoms with Gasteiger partial charge in [0.1, 0.15) is 0 Å². The Bertz CT molecular complexity index is 357. The summed E-state index contributed by atoms with van der Waals surface area (Å²) in [4.78, 5) is 14.5. The molecule has 0 bridgehead atoms. The van der Waals surface area contributed by atoms with Crippen molar-refractivity contribution in [3.8, 4) is 5.88 Å². The third kappa shape index (κ3) is 2.72. The summed E-state index contributed by atoms with van der Waals surface area (Å²) in [5.41, 5.74) is 0.186. The minimum absolute atomic E-state index is 0.186. The molecule has 2 rings (SSSR count). The highest BCUT2D eigenvalue weighted by molar-refractivity contribution is 5.87. The lowest BCUT2D eigenvalue weighted by Gasteiger charge is -2.24. The minimum Gasteiger partial charge on any atom is -0.478 e. The zero-order chi connectivity index (χ0) is 11.4. The number of rotatable bonds is 5. The van der Waals surface area contributed by atoms with Crippen LogP contribution in [-0.2, 0) is 0 Å². The third-order valence-electron chi connectivity index (χ3n) is 2.98. The quantitative estimate of drug-likeness (QED) is 0.829. The first-order valence-electron chi connectivity index (χ1n) is 5.58. The highest BCUT2D eigenvalue weighted by Gasteiger charge is 2.16. The molecule has 16 heavy (non-hydrogen) atoms. The molecule has 1 saturated carbocycles. The molecule has 1 aromatic rings. The first-order chi connectivity index (χ1) is 7.75. The van der Waals surface area contributed by atoms with Crippen molar-refractivity contribution in [1.82, 2.24) is 4.98 Å². The van der Waals surface area contributed by atoms with Crippen LogP contribution in [0.5, 0.6) is 5.88 Å². The zero-order valence-corrected chi connectivity index (χ0v) is 9.06. The van der Waals surface area contributed by atoms with Gasteiger partial charge < -0.3 is 9.84 Å². The van der Waals surface area contributed by atoms with Gasteiger partial charge >= 0.3 is 5.97 Å². The van der Waals surface area contributed by atoms with Crippen molar-refractivity contribution in [2.75, 3.05) is 6.61 Å². The molecule has 1 aliphatic carbocycles. The van der Waals surface area contributed by atoms with Gasteiger partial charge in [-0.3, -0.25) is 0 Å². The minimum atomic E-state index is -0.964. The summed E-state index contributed by atoms with van der Waals surface area (Å²) >= 11 is 0. The fourth-order valence-corrected chi connectivity index (χ4v) is 1.70. The van der Waals surface area contributed by atoms with E-state index in [1.165, 1.54) is 31.5 Å². The van der Waals surface area contributed by atoms with Crippen molar-refractivity contribution in [2.24, 2.45) is 5.92 Å². The van der Waals surface area contributed by atoms with Gasteiger partial charge in [-0.15, -0.1) is 0 Å². The molecule has 0 aromatic carbocycles. The molecule has 0 spiro atoms. The third-order valence-corrected chi connectivity index (χ3v) is 2.98. The van der Waals surface area contributed by atoms with E-state index in [9.17, 15) is 4.79 Å². The maximum atomic E-state index is 10.6. The van der Waals surface area contributed by atoms with Crippen LogP contribution in [0.3, 0.4) is 0 Å². The molecule has 0 unspecified atom stereocenters. The number of aromatic carboxylic acids is 1. The van der Waals surface area contributed by atoms with Gasteiger partial charge in [0, 0.05) is 12.3 Å². The zero-order valence-electron chi connectivity index (χ0n) is 9.06. The van der Waals surface area contributed by atoms with Crippen LogP contribution in [0.15, 0.2) is 18.3 Å². The van der Waals surface area contributed by atoms with Crippen molar-refractivity contribution in [2.45, 2.75) is 25.7 Å². The molecular formula is C12H15NO3. The van der Waals surface area contributed by atoms with Crippen LogP contribution < -0.4 is 4.74 Å². The molecule has 0 atom stereocenters. The first-order valence-corrected chi connectivity index (χ1v) is 5.58. The molecule has 0 radical (unpaired) electrons. The topological polar surface area (TPSA) is 59.4 Å². The standard InChI is InChI=1S/C12H15NO3/c14-12(15)10-4-5-11(13-8-10)16-7-6-9-2-1-3-9/h4-5,8-9H,1-3,6-7H2,(H,14,15). The number of pyridine rings is 1. The van der Waals surface area contributed by atoms with Crippen LogP contribution in [0, 0.1) is 5.92 Å². The van der Waals surface area contributed by atoms with Crippen molar-refractivity contribution in [3.63, 3.8) is 0 Å². The monoisotopic (exact) mass is 221 g/mol. The molecule has 1 heterocycles. The highest BCUT2D eigenvalue weighted by atomic mass is 16.5. The summed E-state index contributed by atoms with van der Waals surface area (Å²) in [7, 11) is 0. The summed E-state index contributed by atoms with van der Waals surface area (Å²) in [6.45, 7) is 0.671. The second kappa shape index (κ2) is 4.96. The van der Waals surface area contributed by atoms with E-state index in [2.05, 4.69) is 4.98 Å². The normalized spacial score (nSPS) is 15.5. The smallest absolute Gasteiger partial charge is 0.337 e. The van der Waals surface area contributed by atoms with E-state index in [0.717, 1.165) is 12.3 Å². The van der Waals surface area contributed by atoms with E-state index in [-0.39, 0.29) is 5.56 Å². The number of aromatic nitrogens is 1. The Labute approximate surface area is 94.3 Å². The van der Waals surface area contributed by atoms with Gasteiger partial charge in [-0.25, -0.2) is 9.78 Å². The fourth-order valence-electron chi connectivity index (χ4n) is 1.70. The Morgan fingerprint density at radius 2 is 2.31 bits per heavy atom. The number of carboxylic acids is 1. The molecule has 0 aliphatic heterocycles. The van der Waals surface area contributed by atoms with Gasteiger partial charge in [0.25, 0.3) is 0 Å². The second-order valence-corrected chi connectivity index (χ2v) is 4.12. The number of nitrogens with zero attached hydrogens (tertiary/aromatic N) is 1. The number of hydrogen-bond acceptors (Lipinski definition) is 3. The lowest BCUT2D eigenvalue weighted by atomic mass is 9.83. The van der Waals surface area contributed by atoms with Gasteiger partial charge in [-0.05, 0) is 18.4 Å². The summed E-state index contributed by atoms with van der Waals surface area (Å²) in [5, 5.41) is 8.68. The Morgan fingerprint density at radius 1 is 1.50 bits per heavy atom. The number of ether oxygens (including phenoxy) is 1. The fraction of sp³-hybridized carbons (Fsp3) is 0.500. The molecule has 4 heteroatoms. The van der Waals surface area contributed by atoms with Gasteiger partial charge in [0.15, 0.2) is 0 Å². The van der Waals surface area contributed by atoms with E-state index in [1.807, 2.05) is 0 Å². The number of hydrogen-bond donors (Lipinski definition) is 1. The SMILES string of the molecule is O=C(O)c1ccc(OCCC2CCC2)nc1. The summed E-state index contributed by atoms with van der Waals surface area (Å²) in [6.07, 6.45) is 6.36. The lowest BCUT2D eigenvalue weighted by molar-refractivity contribution is 0.0696. The predicted molar refractivity (Wildman–Crippen MR) is 58.6 cm³/mol. The van der Waals surface area contributed by atoms with Crippen molar-refractivity contribution in [1.29, 1.82) is 0 Å². The van der Waals surface area contributed by atoms with Gasteiger partial charge in [-0.2, -0.15) is 0 Å². The van der Waals surface area contributed by atoms with Crippen molar-refractivity contribution < 1.29 is 14.6 Å². The largest absolute Gasteiger partial charge is 0.478 e. The van der Waals surface area contributed by atoms with Crippen LogP contribution in [0.4, 0.5) is 0 Å². The van der Waals surface area contributed by atoms with Crippen molar-refractivity contribution >= 4 is 5.97 Å². The van der Waals surface area contributed by atoms with E-state index >= 15 is 0 Å². The van der Waals surface area contributed by atoms with Gasteiger partial charge in [-0.1, -0.05) is 19.3 Å². The van der Waals surface area contributed by atoms with Crippen molar-refractivity contribution in [3.05, 3.63) is 23.9 Å². The van der Waals surface area contributed by atoms with Crippen LogP contribution in [0.1, 0.15) is 36.0 Å². The van der Waals surface area contributed by atoms with E-state index < -0.39 is 5.97 Å². The second-order valence-electron chi connectivity index (χ2n) is 4.12. The lowest BCUT2D eigenvalue weighted by Crippen LogP contribution is -2.14. The van der Waals surface area contributed by atoms with Gasteiger partial charge in [0.2, 0.25) is 5.88 Å². The maximum Gasteiger partial charge on any atom is 0.337 e. The molecule has 1 N–H and O–H groups in total. The molecule has 0 saturated heterocycles. The average molecular weight is 221 g/mol. The average Bonchev–Trinajstić information content (AvgIpc) is 2.22. The Balaban J connectivity index is 1.78. The van der Waals surface area contributed by atoms with Crippen LogP contribution in [-0.4, -0.2) is 22.7 Å². The molecule has 1 aromatic heterocycles. The van der Waals surface area contributed by atoms with E-state index in [4.69, 9.17) is 9.84 Å². The highest BCUT2D eigenvalue weighted by Crippen LogP contribution is 2.29. The Hall–Kier alpha value is -1.58. The number of carbonyl (C=O) groups is 1. The predicted octanol–water partition coefficient (Wildman–Crippen LogP) is 2.35. The Morgan fingerprint density at radius 3 is 2.81 bits per heavy atom. The van der Waals surface area contributed by atoms with Crippen LogP contribution in [0.2, 0.25) is 0 Å². The molecule has 0 amide bonds. The maximum absolute atomic E-state index is 10.6. The molecule has 4 nitrogen and oxygen atoms in total. The molecule has 1 fully saturated rings.